The van der Waals surface area contributed by atoms with Crippen LogP contribution < -0.4 is 0 Å². The van der Waals surface area contributed by atoms with Crippen LogP contribution in [0, 0.1) is 0 Å². The average molecular weight is 365 g/mol. The van der Waals surface area contributed by atoms with Crippen LogP contribution in [0.2, 0.25) is 5.02 Å². The van der Waals surface area contributed by atoms with Crippen molar-refractivity contribution in [3.63, 3.8) is 0 Å². The lowest BCUT2D eigenvalue weighted by Crippen LogP contribution is -1.87. The molecule has 0 aliphatic carbocycles. The van der Waals surface area contributed by atoms with Gasteiger partial charge in [0.1, 0.15) is 0 Å². The number of halogens is 1. The highest BCUT2D eigenvalue weighted by molar-refractivity contribution is 6.30. The molecule has 0 saturated heterocycles. The summed E-state index contributed by atoms with van der Waals surface area (Å²) < 4.78 is 0. The fraction of sp³-hybridized carbons (Fsp3) is 0. The lowest BCUT2D eigenvalue weighted by atomic mass is 9.90. The Kier molecular flexibility index (Phi) is 3.92. The van der Waals surface area contributed by atoms with Gasteiger partial charge in [-0.2, -0.15) is 0 Å². The first-order valence-corrected chi connectivity index (χ1v) is 9.44. The van der Waals surface area contributed by atoms with Gasteiger partial charge in [0.05, 0.1) is 0 Å². The average Bonchev–Trinajstić information content (AvgIpc) is 2.72. The first kappa shape index (κ1) is 16.1. The van der Waals surface area contributed by atoms with Crippen LogP contribution in [0.1, 0.15) is 0 Å². The van der Waals surface area contributed by atoms with Crippen molar-refractivity contribution in [2.45, 2.75) is 0 Å². The van der Waals surface area contributed by atoms with Gasteiger partial charge in [-0.15, -0.1) is 0 Å². The van der Waals surface area contributed by atoms with E-state index in [1.165, 1.54) is 38.2 Å². The SMILES string of the molecule is Clc1cccc(-c2cc(-c3cccc4ccccc34)c3ccccc3c2)c1. The predicted octanol–water partition coefficient (Wildman–Crippen LogP) is 7.98. The van der Waals surface area contributed by atoms with E-state index in [2.05, 4.69) is 84.9 Å². The molecule has 0 unspecified atom stereocenters. The van der Waals surface area contributed by atoms with Crippen molar-refractivity contribution in [3.05, 3.63) is 108 Å². The molecule has 0 aliphatic rings. The van der Waals surface area contributed by atoms with Crippen LogP contribution in [0.15, 0.2) is 103 Å². The van der Waals surface area contributed by atoms with Crippen molar-refractivity contribution < 1.29 is 0 Å². The normalized spacial score (nSPS) is 11.1. The summed E-state index contributed by atoms with van der Waals surface area (Å²) >= 11 is 6.25. The monoisotopic (exact) mass is 364 g/mol. The number of rotatable bonds is 2. The zero-order valence-electron chi connectivity index (χ0n) is 14.7. The maximum atomic E-state index is 6.25. The molecule has 0 bridgehead atoms. The third-order valence-corrected chi connectivity index (χ3v) is 5.33. The van der Waals surface area contributed by atoms with Crippen LogP contribution >= 0.6 is 11.6 Å². The molecule has 0 N–H and O–H groups in total. The topological polar surface area (TPSA) is 0 Å². The van der Waals surface area contributed by atoms with Crippen LogP contribution in [-0.4, -0.2) is 0 Å². The van der Waals surface area contributed by atoms with E-state index in [9.17, 15) is 0 Å². The second-order valence-electron chi connectivity index (χ2n) is 6.78. The Hall–Kier alpha value is -3.09. The standard InChI is InChI=1S/C26H17Cl/c27-22-11-5-10-19(16-22)21-15-20-8-2-4-13-24(20)26(17-21)25-14-6-9-18-7-1-3-12-23(18)25/h1-17H. The quantitative estimate of drug-likeness (QED) is 0.298. The van der Waals surface area contributed by atoms with Gasteiger partial charge in [0, 0.05) is 5.02 Å². The third kappa shape index (κ3) is 2.89. The second kappa shape index (κ2) is 6.57. The number of hydrogen-bond donors (Lipinski definition) is 0. The highest BCUT2D eigenvalue weighted by Gasteiger charge is 2.10. The Morgan fingerprint density at radius 1 is 0.444 bits per heavy atom. The lowest BCUT2D eigenvalue weighted by Gasteiger charge is -2.13. The zero-order valence-corrected chi connectivity index (χ0v) is 15.4. The van der Waals surface area contributed by atoms with E-state index in [0.29, 0.717) is 0 Å². The number of fused-ring (bicyclic) bond motifs is 2. The Balaban J connectivity index is 1.86. The minimum absolute atomic E-state index is 0.757. The van der Waals surface area contributed by atoms with Crippen LogP contribution in [0.3, 0.4) is 0 Å². The fourth-order valence-corrected chi connectivity index (χ4v) is 4.02. The Labute approximate surface area is 163 Å². The summed E-state index contributed by atoms with van der Waals surface area (Å²) in [5.74, 6) is 0. The van der Waals surface area contributed by atoms with Gasteiger partial charge in [0.15, 0.2) is 0 Å². The van der Waals surface area contributed by atoms with E-state index in [-0.39, 0.29) is 0 Å². The van der Waals surface area contributed by atoms with Crippen LogP contribution in [0.5, 0.6) is 0 Å². The van der Waals surface area contributed by atoms with Crippen molar-refractivity contribution in [3.8, 4) is 22.3 Å². The van der Waals surface area contributed by atoms with Crippen molar-refractivity contribution in [2.24, 2.45) is 0 Å². The molecular formula is C26H17Cl. The minimum atomic E-state index is 0.757. The molecule has 0 nitrogen and oxygen atoms in total. The second-order valence-corrected chi connectivity index (χ2v) is 7.22. The van der Waals surface area contributed by atoms with Crippen LogP contribution in [-0.2, 0) is 0 Å². The highest BCUT2D eigenvalue weighted by Crippen LogP contribution is 2.37. The van der Waals surface area contributed by atoms with E-state index < -0.39 is 0 Å². The van der Waals surface area contributed by atoms with Crippen molar-refractivity contribution >= 4 is 33.1 Å². The van der Waals surface area contributed by atoms with E-state index in [4.69, 9.17) is 11.6 Å². The molecule has 0 saturated carbocycles. The zero-order chi connectivity index (χ0) is 18.2. The molecule has 27 heavy (non-hydrogen) atoms. The Morgan fingerprint density at radius 2 is 1.11 bits per heavy atom. The van der Waals surface area contributed by atoms with Crippen LogP contribution in [0.4, 0.5) is 0 Å². The van der Waals surface area contributed by atoms with Gasteiger partial charge in [0.2, 0.25) is 0 Å². The van der Waals surface area contributed by atoms with E-state index in [1.54, 1.807) is 0 Å². The third-order valence-electron chi connectivity index (χ3n) is 5.10. The summed E-state index contributed by atoms with van der Waals surface area (Å²) in [5.41, 5.74) is 4.82. The summed E-state index contributed by atoms with van der Waals surface area (Å²) in [7, 11) is 0. The molecule has 0 fully saturated rings. The molecule has 128 valence electrons. The van der Waals surface area contributed by atoms with Gasteiger partial charge in [-0.05, 0) is 68.1 Å². The Bertz CT molecular complexity index is 1280. The smallest absolute Gasteiger partial charge is 0.0412 e. The molecule has 1 heteroatoms. The highest BCUT2D eigenvalue weighted by atomic mass is 35.5. The van der Waals surface area contributed by atoms with Gasteiger partial charge in [-0.3, -0.25) is 0 Å². The summed E-state index contributed by atoms with van der Waals surface area (Å²) in [4.78, 5) is 0. The van der Waals surface area contributed by atoms with Gasteiger partial charge >= 0.3 is 0 Å². The summed E-state index contributed by atoms with van der Waals surface area (Å²) in [6.07, 6.45) is 0. The molecule has 5 aromatic carbocycles. The molecule has 0 atom stereocenters. The molecular weight excluding hydrogens is 348 g/mol. The first-order chi connectivity index (χ1) is 13.3. The maximum absolute atomic E-state index is 6.25. The number of hydrogen-bond acceptors (Lipinski definition) is 0. The van der Waals surface area contributed by atoms with Crippen molar-refractivity contribution in [1.29, 1.82) is 0 Å². The first-order valence-electron chi connectivity index (χ1n) is 9.06. The molecule has 0 spiro atoms. The maximum Gasteiger partial charge on any atom is 0.0412 e. The predicted molar refractivity (Wildman–Crippen MR) is 117 cm³/mol. The molecule has 0 aromatic heterocycles. The Morgan fingerprint density at radius 3 is 1.93 bits per heavy atom. The molecule has 5 aromatic rings. The van der Waals surface area contributed by atoms with E-state index in [1.807, 2.05) is 18.2 Å². The minimum Gasteiger partial charge on any atom is -0.0843 e. The van der Waals surface area contributed by atoms with Gasteiger partial charge < -0.3 is 0 Å². The van der Waals surface area contributed by atoms with Crippen molar-refractivity contribution in [2.75, 3.05) is 0 Å². The molecule has 0 heterocycles. The fourth-order valence-electron chi connectivity index (χ4n) is 3.83. The van der Waals surface area contributed by atoms with E-state index in [0.717, 1.165) is 10.6 Å². The molecule has 5 rings (SSSR count). The summed E-state index contributed by atoms with van der Waals surface area (Å²) in [5, 5.41) is 5.78. The molecule has 0 radical (unpaired) electrons. The lowest BCUT2D eigenvalue weighted by molar-refractivity contribution is 1.63. The number of benzene rings is 5. The van der Waals surface area contributed by atoms with E-state index >= 15 is 0 Å². The largest absolute Gasteiger partial charge is 0.0843 e. The van der Waals surface area contributed by atoms with Gasteiger partial charge in [0.25, 0.3) is 0 Å². The van der Waals surface area contributed by atoms with Crippen molar-refractivity contribution in [1.82, 2.24) is 0 Å². The van der Waals surface area contributed by atoms with Gasteiger partial charge in [-0.1, -0.05) is 90.5 Å². The molecule has 0 amide bonds. The summed E-state index contributed by atoms with van der Waals surface area (Å²) in [6.45, 7) is 0. The summed E-state index contributed by atoms with van der Waals surface area (Å²) in [6, 6.07) is 36.3. The van der Waals surface area contributed by atoms with Gasteiger partial charge in [-0.25, -0.2) is 0 Å². The van der Waals surface area contributed by atoms with Crippen LogP contribution in [0.25, 0.3) is 43.8 Å². The molecule has 0 aliphatic heterocycles.